The van der Waals surface area contributed by atoms with Crippen molar-refractivity contribution in [3.63, 3.8) is 0 Å². The number of nitrogens with one attached hydrogen (secondary N) is 1. The predicted octanol–water partition coefficient (Wildman–Crippen LogP) is 5.21. The minimum absolute atomic E-state index is 0.0161. The zero-order valence-corrected chi connectivity index (χ0v) is 15.9. The summed E-state index contributed by atoms with van der Waals surface area (Å²) < 4.78 is 1.93. The molecule has 3 rings (SSSR count). The van der Waals surface area contributed by atoms with Gasteiger partial charge in [-0.15, -0.1) is 0 Å². The molecule has 0 aliphatic heterocycles. The van der Waals surface area contributed by atoms with Crippen LogP contribution in [0.15, 0.2) is 36.5 Å². The molecular formula is C21H28N4. The minimum Gasteiger partial charge on any atom is -0.370 e. The molecule has 0 bridgehead atoms. The normalized spacial score (nSPS) is 11.9. The van der Waals surface area contributed by atoms with Gasteiger partial charge < -0.3 is 5.32 Å². The van der Waals surface area contributed by atoms with E-state index in [0.29, 0.717) is 0 Å². The Bertz CT molecular complexity index is 854. The molecule has 0 aliphatic rings. The third-order valence-electron chi connectivity index (χ3n) is 4.44. The summed E-state index contributed by atoms with van der Waals surface area (Å²) in [6.07, 6.45) is 4.23. The number of nitrogens with zero attached hydrogens (tertiary/aromatic N) is 3. The zero-order valence-electron chi connectivity index (χ0n) is 15.9. The van der Waals surface area contributed by atoms with Crippen molar-refractivity contribution in [1.82, 2.24) is 14.6 Å². The molecule has 0 saturated heterocycles. The third-order valence-corrected chi connectivity index (χ3v) is 4.44. The Morgan fingerprint density at radius 1 is 1.12 bits per heavy atom. The summed E-state index contributed by atoms with van der Waals surface area (Å²) in [5.41, 5.74) is 5.45. The third kappa shape index (κ3) is 3.68. The molecule has 0 radical (unpaired) electrons. The molecule has 1 aromatic carbocycles. The van der Waals surface area contributed by atoms with Crippen molar-refractivity contribution in [2.75, 3.05) is 11.9 Å². The van der Waals surface area contributed by atoms with Crippen LogP contribution in [-0.4, -0.2) is 21.1 Å². The highest BCUT2D eigenvalue weighted by molar-refractivity contribution is 5.78. The molecule has 3 aromatic rings. The lowest BCUT2D eigenvalue weighted by molar-refractivity contribution is 0.568. The summed E-state index contributed by atoms with van der Waals surface area (Å²) in [5.74, 6) is 1.02. The molecule has 4 heteroatoms. The largest absolute Gasteiger partial charge is 0.370 e. The first-order valence-electron chi connectivity index (χ1n) is 9.10. The highest BCUT2D eigenvalue weighted by Crippen LogP contribution is 2.29. The quantitative estimate of drug-likeness (QED) is 0.650. The lowest BCUT2D eigenvalue weighted by atomic mass is 9.92. The van der Waals surface area contributed by atoms with E-state index in [4.69, 9.17) is 4.98 Å². The van der Waals surface area contributed by atoms with Crippen molar-refractivity contribution >= 4 is 11.5 Å². The number of aromatic nitrogens is 3. The van der Waals surface area contributed by atoms with Crippen LogP contribution >= 0.6 is 0 Å². The fraction of sp³-hybridized carbons (Fsp3) is 0.429. The van der Waals surface area contributed by atoms with E-state index in [-0.39, 0.29) is 5.41 Å². The average Bonchev–Trinajstić information content (AvgIpc) is 2.99. The van der Waals surface area contributed by atoms with Gasteiger partial charge in [-0.1, -0.05) is 63.9 Å². The van der Waals surface area contributed by atoms with Crippen LogP contribution < -0.4 is 5.32 Å². The molecule has 132 valence electrons. The summed E-state index contributed by atoms with van der Waals surface area (Å²) in [6, 6.07) is 10.7. The van der Waals surface area contributed by atoms with Crippen LogP contribution in [0.3, 0.4) is 0 Å². The van der Waals surface area contributed by atoms with Gasteiger partial charge >= 0.3 is 0 Å². The van der Waals surface area contributed by atoms with Gasteiger partial charge in [0.15, 0.2) is 5.65 Å². The number of benzene rings is 1. The first-order valence-corrected chi connectivity index (χ1v) is 9.10. The van der Waals surface area contributed by atoms with E-state index in [0.717, 1.165) is 41.3 Å². The van der Waals surface area contributed by atoms with E-state index in [2.05, 4.69) is 75.4 Å². The molecule has 2 heterocycles. The predicted molar refractivity (Wildman–Crippen MR) is 105 cm³/mol. The minimum atomic E-state index is -0.0161. The fourth-order valence-electron chi connectivity index (χ4n) is 2.80. The number of hydrogen-bond acceptors (Lipinski definition) is 3. The van der Waals surface area contributed by atoms with Gasteiger partial charge in [-0.3, -0.25) is 0 Å². The summed E-state index contributed by atoms with van der Waals surface area (Å²) in [6.45, 7) is 11.8. The molecule has 0 atom stereocenters. The van der Waals surface area contributed by atoms with Crippen LogP contribution in [0.1, 0.15) is 51.8 Å². The molecule has 0 unspecified atom stereocenters. The van der Waals surface area contributed by atoms with Crippen LogP contribution in [0.2, 0.25) is 0 Å². The number of anilines is 1. The van der Waals surface area contributed by atoms with Crippen LogP contribution in [0.4, 0.5) is 5.82 Å². The molecule has 0 fully saturated rings. The Hall–Kier alpha value is -2.36. The number of rotatable bonds is 5. The van der Waals surface area contributed by atoms with Crippen molar-refractivity contribution in [2.24, 2.45) is 0 Å². The summed E-state index contributed by atoms with van der Waals surface area (Å²) in [4.78, 5) is 4.95. The molecule has 0 saturated carbocycles. The van der Waals surface area contributed by atoms with Crippen molar-refractivity contribution < 1.29 is 0 Å². The lowest BCUT2D eigenvalue weighted by Gasteiger charge is -2.20. The number of aryl methyl sites for hydroxylation is 1. The maximum absolute atomic E-state index is 4.95. The van der Waals surface area contributed by atoms with Gasteiger partial charge in [-0.2, -0.15) is 9.61 Å². The topological polar surface area (TPSA) is 42.2 Å². The van der Waals surface area contributed by atoms with Gasteiger partial charge in [0.1, 0.15) is 5.82 Å². The molecule has 4 nitrogen and oxygen atoms in total. The van der Waals surface area contributed by atoms with Crippen molar-refractivity contribution in [3.8, 4) is 11.1 Å². The Labute approximate surface area is 150 Å². The maximum atomic E-state index is 4.95. The van der Waals surface area contributed by atoms with Gasteiger partial charge in [0, 0.05) is 23.6 Å². The molecular weight excluding hydrogens is 308 g/mol. The van der Waals surface area contributed by atoms with Crippen molar-refractivity contribution in [1.29, 1.82) is 0 Å². The van der Waals surface area contributed by atoms with Crippen molar-refractivity contribution in [3.05, 3.63) is 47.8 Å². The van der Waals surface area contributed by atoms with Crippen LogP contribution in [-0.2, 0) is 5.41 Å². The average molecular weight is 336 g/mol. The van der Waals surface area contributed by atoms with Crippen LogP contribution in [0.25, 0.3) is 16.8 Å². The summed E-state index contributed by atoms with van der Waals surface area (Å²) >= 11 is 0. The van der Waals surface area contributed by atoms with Gasteiger partial charge in [-0.05, 0) is 18.9 Å². The molecule has 0 aliphatic carbocycles. The smallest absolute Gasteiger partial charge is 0.165 e. The molecule has 2 aromatic heterocycles. The van der Waals surface area contributed by atoms with Gasteiger partial charge in [0.25, 0.3) is 0 Å². The van der Waals surface area contributed by atoms with Crippen LogP contribution in [0, 0.1) is 6.92 Å². The highest BCUT2D eigenvalue weighted by Gasteiger charge is 2.20. The molecule has 1 N–H and O–H groups in total. The summed E-state index contributed by atoms with van der Waals surface area (Å²) in [7, 11) is 0. The molecule has 0 spiro atoms. The standard InChI is InChI=1S/C21H28N4/c1-6-7-12-22-19-13-18(21(3,4)5)24-20-17(14-23-25(19)20)16-10-8-15(2)9-11-16/h8-11,13-14,22H,6-7,12H2,1-5H3. The number of fused-ring (bicyclic) bond motifs is 1. The zero-order chi connectivity index (χ0) is 18.0. The fourth-order valence-corrected chi connectivity index (χ4v) is 2.80. The lowest BCUT2D eigenvalue weighted by Crippen LogP contribution is -2.17. The Morgan fingerprint density at radius 3 is 2.48 bits per heavy atom. The van der Waals surface area contributed by atoms with Crippen molar-refractivity contribution in [2.45, 2.75) is 52.9 Å². The Morgan fingerprint density at radius 2 is 1.84 bits per heavy atom. The molecule has 0 amide bonds. The Balaban J connectivity index is 2.14. The van der Waals surface area contributed by atoms with E-state index in [1.165, 1.54) is 12.0 Å². The van der Waals surface area contributed by atoms with Crippen LogP contribution in [0.5, 0.6) is 0 Å². The first-order chi connectivity index (χ1) is 11.9. The van der Waals surface area contributed by atoms with E-state index < -0.39 is 0 Å². The second kappa shape index (κ2) is 6.87. The van der Waals surface area contributed by atoms with Gasteiger partial charge in [0.05, 0.1) is 11.9 Å². The monoisotopic (exact) mass is 336 g/mol. The summed E-state index contributed by atoms with van der Waals surface area (Å²) in [5, 5.41) is 8.15. The van der Waals surface area contributed by atoms with E-state index in [9.17, 15) is 0 Å². The highest BCUT2D eigenvalue weighted by atomic mass is 15.3. The molecule has 25 heavy (non-hydrogen) atoms. The van der Waals surface area contributed by atoms with Gasteiger partial charge in [0.2, 0.25) is 0 Å². The number of unbranched alkanes of at least 4 members (excludes halogenated alkanes) is 1. The maximum Gasteiger partial charge on any atom is 0.165 e. The second-order valence-corrected chi connectivity index (χ2v) is 7.72. The Kier molecular flexibility index (Phi) is 4.80. The second-order valence-electron chi connectivity index (χ2n) is 7.72. The van der Waals surface area contributed by atoms with Gasteiger partial charge in [-0.25, -0.2) is 4.98 Å². The first kappa shape index (κ1) is 17.5. The van der Waals surface area contributed by atoms with E-state index in [1.54, 1.807) is 0 Å². The van der Waals surface area contributed by atoms with E-state index in [1.807, 2.05) is 10.7 Å². The number of hydrogen-bond donors (Lipinski definition) is 1. The van der Waals surface area contributed by atoms with E-state index >= 15 is 0 Å². The SMILES string of the molecule is CCCCNc1cc(C(C)(C)C)nc2c(-c3ccc(C)cc3)cnn12.